The molecule has 2 atom stereocenters. The highest BCUT2D eigenvalue weighted by Crippen LogP contribution is 2.33. The second kappa shape index (κ2) is 4.50. The lowest BCUT2D eigenvalue weighted by atomic mass is 10.1. The van der Waals surface area contributed by atoms with Crippen molar-refractivity contribution in [2.24, 2.45) is 5.92 Å². The Morgan fingerprint density at radius 1 is 1.25 bits per heavy atom. The van der Waals surface area contributed by atoms with E-state index in [1.165, 1.54) is 25.0 Å². The van der Waals surface area contributed by atoms with Crippen molar-refractivity contribution in [3.05, 3.63) is 35.4 Å². The fraction of sp³-hybridized carbons (Fsp3) is 0.538. The molecule has 1 aliphatic carbocycles. The summed E-state index contributed by atoms with van der Waals surface area (Å²) in [5, 5.41) is 3.36. The van der Waals surface area contributed by atoms with Gasteiger partial charge in [-0.2, -0.15) is 0 Å². The van der Waals surface area contributed by atoms with E-state index in [4.69, 9.17) is 0 Å². The highest BCUT2D eigenvalue weighted by Gasteiger charge is 2.29. The minimum Gasteiger partial charge on any atom is -0.307 e. The van der Waals surface area contributed by atoms with Gasteiger partial charge < -0.3 is 5.32 Å². The largest absolute Gasteiger partial charge is 0.307 e. The highest BCUT2D eigenvalue weighted by molar-refractivity contribution is 5.21. The van der Waals surface area contributed by atoms with E-state index in [0.717, 1.165) is 12.0 Å². The zero-order valence-corrected chi connectivity index (χ0v) is 9.63. The maximum Gasteiger partial charge on any atom is 0.130 e. The van der Waals surface area contributed by atoms with Crippen LogP contribution in [0.2, 0.25) is 0 Å². The Kier molecular flexibility index (Phi) is 3.24. The zero-order valence-electron chi connectivity index (χ0n) is 9.63. The van der Waals surface area contributed by atoms with Crippen molar-refractivity contribution in [1.29, 1.82) is 0 Å². The molecule has 0 amide bonds. The zero-order chi connectivity index (χ0) is 11.7. The third kappa shape index (κ3) is 2.59. The first kappa shape index (κ1) is 11.5. The lowest BCUT2D eigenvalue weighted by Gasteiger charge is -2.20. The lowest BCUT2D eigenvalue weighted by molar-refractivity contribution is 0.429. The van der Waals surface area contributed by atoms with Gasteiger partial charge in [-0.05, 0) is 38.7 Å². The number of nitrogens with one attached hydrogen (secondary N) is 1. The van der Waals surface area contributed by atoms with Crippen molar-refractivity contribution < 1.29 is 8.78 Å². The van der Waals surface area contributed by atoms with Crippen LogP contribution in [0.25, 0.3) is 0 Å². The average Bonchev–Trinajstić information content (AvgIpc) is 2.99. The summed E-state index contributed by atoms with van der Waals surface area (Å²) < 4.78 is 26.2. The predicted molar refractivity (Wildman–Crippen MR) is 60.1 cm³/mol. The third-order valence-corrected chi connectivity index (χ3v) is 3.27. The molecule has 0 radical (unpaired) electrons. The van der Waals surface area contributed by atoms with Crippen LogP contribution in [-0.4, -0.2) is 6.04 Å². The van der Waals surface area contributed by atoms with Gasteiger partial charge in [0.05, 0.1) is 0 Å². The van der Waals surface area contributed by atoms with E-state index in [2.05, 4.69) is 12.2 Å². The quantitative estimate of drug-likeness (QED) is 0.828. The molecule has 0 aliphatic heterocycles. The fourth-order valence-corrected chi connectivity index (χ4v) is 2.07. The smallest absolute Gasteiger partial charge is 0.130 e. The van der Waals surface area contributed by atoms with Crippen LogP contribution < -0.4 is 5.32 Å². The van der Waals surface area contributed by atoms with E-state index in [0.29, 0.717) is 11.6 Å². The van der Waals surface area contributed by atoms with Gasteiger partial charge in [-0.15, -0.1) is 0 Å². The number of halogens is 2. The third-order valence-electron chi connectivity index (χ3n) is 3.27. The number of benzene rings is 1. The minimum absolute atomic E-state index is 0.0730. The Labute approximate surface area is 94.9 Å². The van der Waals surface area contributed by atoms with Crippen LogP contribution >= 0.6 is 0 Å². The summed E-state index contributed by atoms with van der Waals surface area (Å²) in [6.07, 6.45) is 2.51. The Hall–Kier alpha value is -0.960. The molecule has 0 bridgehead atoms. The van der Waals surface area contributed by atoms with Gasteiger partial charge in [-0.1, -0.05) is 6.07 Å². The van der Waals surface area contributed by atoms with E-state index in [-0.39, 0.29) is 6.04 Å². The van der Waals surface area contributed by atoms with Gasteiger partial charge in [0.25, 0.3) is 0 Å². The molecule has 1 aliphatic rings. The van der Waals surface area contributed by atoms with E-state index in [1.54, 1.807) is 0 Å². The minimum atomic E-state index is -0.524. The van der Waals surface area contributed by atoms with Crippen molar-refractivity contribution in [1.82, 2.24) is 5.32 Å². The first-order chi connectivity index (χ1) is 7.58. The predicted octanol–water partition coefficient (Wildman–Crippen LogP) is 3.41. The topological polar surface area (TPSA) is 12.0 Å². The van der Waals surface area contributed by atoms with Gasteiger partial charge in [0, 0.05) is 23.7 Å². The van der Waals surface area contributed by atoms with Crippen molar-refractivity contribution in [3.8, 4) is 0 Å². The van der Waals surface area contributed by atoms with Gasteiger partial charge >= 0.3 is 0 Å². The van der Waals surface area contributed by atoms with Gasteiger partial charge in [-0.25, -0.2) is 8.78 Å². The molecule has 1 saturated carbocycles. The van der Waals surface area contributed by atoms with E-state index >= 15 is 0 Å². The first-order valence-electron chi connectivity index (χ1n) is 5.79. The summed E-state index contributed by atoms with van der Waals surface area (Å²) >= 11 is 0. The monoisotopic (exact) mass is 225 g/mol. The molecule has 1 nitrogen and oxygen atoms in total. The average molecular weight is 225 g/mol. The van der Waals surface area contributed by atoms with Crippen LogP contribution in [0.5, 0.6) is 0 Å². The van der Waals surface area contributed by atoms with Crippen LogP contribution in [0.4, 0.5) is 8.78 Å². The van der Waals surface area contributed by atoms with Gasteiger partial charge in [-0.3, -0.25) is 0 Å². The van der Waals surface area contributed by atoms with Crippen molar-refractivity contribution in [2.45, 2.75) is 38.8 Å². The van der Waals surface area contributed by atoms with Crippen LogP contribution in [0, 0.1) is 17.6 Å². The highest BCUT2D eigenvalue weighted by atomic mass is 19.1. The van der Waals surface area contributed by atoms with Crippen molar-refractivity contribution >= 4 is 0 Å². The Morgan fingerprint density at radius 2 is 1.94 bits per heavy atom. The number of hydrogen-bond donors (Lipinski definition) is 1. The molecule has 1 aromatic carbocycles. The van der Waals surface area contributed by atoms with Crippen LogP contribution in [0.15, 0.2) is 18.2 Å². The van der Waals surface area contributed by atoms with Crippen LogP contribution in [0.3, 0.4) is 0 Å². The molecule has 88 valence electrons. The Bertz CT molecular complexity index is 374. The molecule has 1 aromatic rings. The Morgan fingerprint density at radius 3 is 2.50 bits per heavy atom. The molecule has 3 heteroatoms. The summed E-state index contributed by atoms with van der Waals surface area (Å²) in [5.41, 5.74) is 0.536. The molecular formula is C13H17F2N. The van der Waals surface area contributed by atoms with Gasteiger partial charge in [0.2, 0.25) is 0 Å². The lowest BCUT2D eigenvalue weighted by Crippen LogP contribution is -2.31. The van der Waals surface area contributed by atoms with Gasteiger partial charge in [0.15, 0.2) is 0 Å². The molecule has 0 spiro atoms. The molecule has 1 N–H and O–H groups in total. The van der Waals surface area contributed by atoms with Crippen molar-refractivity contribution in [2.75, 3.05) is 0 Å². The molecule has 2 rings (SSSR count). The number of hydrogen-bond acceptors (Lipinski definition) is 1. The standard InChI is InChI=1S/C13H17F2N/c1-8(10-3-4-10)16-9(2)12-6-5-11(14)7-13(12)15/h5-10,16H,3-4H2,1-2H3. The fourth-order valence-electron chi connectivity index (χ4n) is 2.07. The SMILES string of the molecule is CC(NC(C)C1CC1)c1ccc(F)cc1F. The maximum absolute atomic E-state index is 13.5. The van der Waals surface area contributed by atoms with E-state index in [1.807, 2.05) is 6.92 Å². The summed E-state index contributed by atoms with van der Waals surface area (Å²) in [6, 6.07) is 4.09. The molecular weight excluding hydrogens is 208 g/mol. The molecule has 1 fully saturated rings. The summed E-state index contributed by atoms with van der Waals surface area (Å²) in [5.74, 6) is -0.266. The molecule has 16 heavy (non-hydrogen) atoms. The second-order valence-corrected chi connectivity index (χ2v) is 4.68. The van der Waals surface area contributed by atoms with Crippen LogP contribution in [0.1, 0.15) is 38.3 Å². The van der Waals surface area contributed by atoms with E-state index in [9.17, 15) is 8.78 Å². The molecule has 0 aromatic heterocycles. The summed E-state index contributed by atoms with van der Waals surface area (Å²) in [7, 11) is 0. The second-order valence-electron chi connectivity index (χ2n) is 4.68. The molecule has 2 unspecified atom stereocenters. The molecule has 0 saturated heterocycles. The Balaban J connectivity index is 2.04. The summed E-state index contributed by atoms with van der Waals surface area (Å²) in [6.45, 7) is 4.03. The summed E-state index contributed by atoms with van der Waals surface area (Å²) in [4.78, 5) is 0. The molecule has 0 heterocycles. The number of rotatable bonds is 4. The van der Waals surface area contributed by atoms with E-state index < -0.39 is 11.6 Å². The van der Waals surface area contributed by atoms with Crippen LogP contribution in [-0.2, 0) is 0 Å². The van der Waals surface area contributed by atoms with Crippen molar-refractivity contribution in [3.63, 3.8) is 0 Å². The first-order valence-corrected chi connectivity index (χ1v) is 5.79. The van der Waals surface area contributed by atoms with Gasteiger partial charge in [0.1, 0.15) is 11.6 Å². The maximum atomic E-state index is 13.5. The normalized spacial score (nSPS) is 19.5.